The van der Waals surface area contributed by atoms with Crippen LogP contribution in [0.25, 0.3) is 10.9 Å². The normalized spacial score (nSPS) is 20.1. The van der Waals surface area contributed by atoms with Gasteiger partial charge in [0.25, 0.3) is 5.91 Å². The van der Waals surface area contributed by atoms with Crippen molar-refractivity contribution in [1.82, 2.24) is 15.2 Å². The summed E-state index contributed by atoms with van der Waals surface area (Å²) in [5.74, 6) is 0.0328. The molecule has 1 aliphatic heterocycles. The molecule has 1 aliphatic rings. The molecule has 0 aliphatic carbocycles. The van der Waals surface area contributed by atoms with E-state index in [0.29, 0.717) is 0 Å². The third kappa shape index (κ3) is 2.56. The first-order valence-electron chi connectivity index (χ1n) is 7.37. The van der Waals surface area contributed by atoms with Crippen LogP contribution in [0.3, 0.4) is 0 Å². The molecule has 2 heterocycles. The number of likely N-dealkylation sites (N-methyl/N-ethyl adjacent to an activating group) is 1. The minimum absolute atomic E-state index is 0.0328. The van der Waals surface area contributed by atoms with Gasteiger partial charge < -0.3 is 15.2 Å². The second-order valence-corrected chi connectivity index (χ2v) is 5.45. The van der Waals surface area contributed by atoms with Gasteiger partial charge in [-0.2, -0.15) is 0 Å². The first kappa shape index (κ1) is 13.2. The number of para-hydroxylation sites is 1. The van der Waals surface area contributed by atoms with Crippen LogP contribution in [0.5, 0.6) is 0 Å². The van der Waals surface area contributed by atoms with Crippen molar-refractivity contribution in [2.75, 3.05) is 19.6 Å². The first-order chi connectivity index (χ1) is 9.78. The number of H-pyrrole nitrogens is 1. The van der Waals surface area contributed by atoms with Crippen LogP contribution in [0.4, 0.5) is 0 Å². The highest BCUT2D eigenvalue weighted by Gasteiger charge is 2.21. The van der Waals surface area contributed by atoms with Gasteiger partial charge in [-0.05, 0) is 32.0 Å². The summed E-state index contributed by atoms with van der Waals surface area (Å²) in [6, 6.07) is 8.18. The van der Waals surface area contributed by atoms with E-state index in [0.717, 1.165) is 48.9 Å². The summed E-state index contributed by atoms with van der Waals surface area (Å²) >= 11 is 0. The molecule has 106 valence electrons. The van der Waals surface area contributed by atoms with E-state index in [1.54, 1.807) is 6.20 Å². The van der Waals surface area contributed by atoms with Crippen LogP contribution in [0.1, 0.15) is 30.1 Å². The van der Waals surface area contributed by atoms with E-state index >= 15 is 0 Å². The maximum atomic E-state index is 12.4. The van der Waals surface area contributed by atoms with Crippen molar-refractivity contribution in [3.63, 3.8) is 0 Å². The largest absolute Gasteiger partial charge is 0.360 e. The second-order valence-electron chi connectivity index (χ2n) is 5.45. The van der Waals surface area contributed by atoms with Gasteiger partial charge in [-0.25, -0.2) is 0 Å². The van der Waals surface area contributed by atoms with Gasteiger partial charge in [0.2, 0.25) is 0 Å². The zero-order valence-electron chi connectivity index (χ0n) is 11.9. The minimum Gasteiger partial charge on any atom is -0.360 e. The topological polar surface area (TPSA) is 48.1 Å². The zero-order valence-corrected chi connectivity index (χ0v) is 11.9. The lowest BCUT2D eigenvalue weighted by molar-refractivity contribution is 0.0907. The molecule has 1 aromatic heterocycles. The molecule has 1 unspecified atom stereocenters. The molecular weight excluding hydrogens is 250 g/mol. The number of hydrogen-bond donors (Lipinski definition) is 2. The highest BCUT2D eigenvalue weighted by molar-refractivity contribution is 6.06. The standard InChI is InChI=1S/C16H21N3O/c1-2-19-9-5-6-12(11-19)18-16(20)14-10-17-15-8-4-3-7-13(14)15/h3-4,7-8,10,12,17H,2,5-6,9,11H2,1H3,(H,18,20). The molecule has 1 fully saturated rings. The third-order valence-corrected chi connectivity index (χ3v) is 4.12. The summed E-state index contributed by atoms with van der Waals surface area (Å²) in [7, 11) is 0. The van der Waals surface area contributed by atoms with Crippen molar-refractivity contribution in [1.29, 1.82) is 0 Å². The smallest absolute Gasteiger partial charge is 0.253 e. The van der Waals surface area contributed by atoms with Gasteiger partial charge in [0.15, 0.2) is 0 Å². The Kier molecular flexibility index (Phi) is 3.74. The fraction of sp³-hybridized carbons (Fsp3) is 0.438. The summed E-state index contributed by atoms with van der Waals surface area (Å²) in [5, 5.41) is 4.17. The van der Waals surface area contributed by atoms with Gasteiger partial charge in [0, 0.05) is 29.7 Å². The average molecular weight is 271 g/mol. The summed E-state index contributed by atoms with van der Waals surface area (Å²) in [5.41, 5.74) is 1.76. The van der Waals surface area contributed by atoms with Crippen LogP contribution >= 0.6 is 0 Å². The maximum absolute atomic E-state index is 12.4. The molecule has 0 saturated carbocycles. The van der Waals surface area contributed by atoms with Crippen molar-refractivity contribution in [3.05, 3.63) is 36.0 Å². The fourth-order valence-corrected chi connectivity index (χ4v) is 2.98. The Bertz CT molecular complexity index is 605. The van der Waals surface area contributed by atoms with Gasteiger partial charge in [-0.1, -0.05) is 25.1 Å². The van der Waals surface area contributed by atoms with E-state index in [4.69, 9.17) is 0 Å². The molecule has 1 atom stereocenters. The molecule has 3 rings (SSSR count). The zero-order chi connectivity index (χ0) is 13.9. The fourth-order valence-electron chi connectivity index (χ4n) is 2.98. The number of carbonyl (C=O) groups excluding carboxylic acids is 1. The van der Waals surface area contributed by atoms with E-state index in [1.165, 1.54) is 0 Å². The predicted octanol–water partition coefficient (Wildman–Crippen LogP) is 2.38. The Morgan fingerprint density at radius 2 is 2.30 bits per heavy atom. The number of aromatic amines is 1. The van der Waals surface area contributed by atoms with Crippen molar-refractivity contribution in [2.45, 2.75) is 25.8 Å². The van der Waals surface area contributed by atoms with Crippen molar-refractivity contribution in [2.24, 2.45) is 0 Å². The highest BCUT2D eigenvalue weighted by atomic mass is 16.1. The van der Waals surface area contributed by atoms with Crippen molar-refractivity contribution >= 4 is 16.8 Å². The summed E-state index contributed by atoms with van der Waals surface area (Å²) in [6.45, 7) is 5.34. The number of aromatic nitrogens is 1. The maximum Gasteiger partial charge on any atom is 0.253 e. The van der Waals surface area contributed by atoms with Crippen LogP contribution in [-0.2, 0) is 0 Å². The van der Waals surface area contributed by atoms with E-state index in [2.05, 4.69) is 22.1 Å². The van der Waals surface area contributed by atoms with Gasteiger partial charge in [-0.15, -0.1) is 0 Å². The molecule has 4 heteroatoms. The molecule has 20 heavy (non-hydrogen) atoms. The van der Waals surface area contributed by atoms with Crippen LogP contribution < -0.4 is 5.32 Å². The van der Waals surface area contributed by atoms with E-state index in [9.17, 15) is 4.79 Å². The average Bonchev–Trinajstić information content (AvgIpc) is 2.91. The molecule has 4 nitrogen and oxygen atoms in total. The van der Waals surface area contributed by atoms with Crippen molar-refractivity contribution < 1.29 is 4.79 Å². The number of benzene rings is 1. The number of piperidine rings is 1. The highest BCUT2D eigenvalue weighted by Crippen LogP contribution is 2.18. The van der Waals surface area contributed by atoms with Gasteiger partial charge in [0.1, 0.15) is 0 Å². The number of amides is 1. The molecule has 0 bridgehead atoms. The van der Waals surface area contributed by atoms with Gasteiger partial charge in [0.05, 0.1) is 5.56 Å². The lowest BCUT2D eigenvalue weighted by atomic mass is 10.0. The van der Waals surface area contributed by atoms with Gasteiger partial charge in [-0.3, -0.25) is 4.79 Å². The molecule has 1 amide bonds. The third-order valence-electron chi connectivity index (χ3n) is 4.12. The number of hydrogen-bond acceptors (Lipinski definition) is 2. The number of fused-ring (bicyclic) bond motifs is 1. The molecule has 1 aromatic carbocycles. The number of rotatable bonds is 3. The van der Waals surface area contributed by atoms with Crippen LogP contribution in [0.15, 0.2) is 30.5 Å². The number of nitrogens with zero attached hydrogens (tertiary/aromatic N) is 1. The van der Waals surface area contributed by atoms with E-state index in [-0.39, 0.29) is 11.9 Å². The minimum atomic E-state index is 0.0328. The Morgan fingerprint density at radius 1 is 1.45 bits per heavy atom. The van der Waals surface area contributed by atoms with Gasteiger partial charge >= 0.3 is 0 Å². The first-order valence-corrected chi connectivity index (χ1v) is 7.37. The second kappa shape index (κ2) is 5.67. The lowest BCUT2D eigenvalue weighted by Crippen LogP contribution is -2.47. The Labute approximate surface area is 119 Å². The van der Waals surface area contributed by atoms with Crippen LogP contribution in [0, 0.1) is 0 Å². The predicted molar refractivity (Wildman–Crippen MR) is 80.9 cm³/mol. The molecule has 2 aromatic rings. The van der Waals surface area contributed by atoms with E-state index < -0.39 is 0 Å². The Morgan fingerprint density at radius 3 is 3.15 bits per heavy atom. The van der Waals surface area contributed by atoms with Crippen LogP contribution in [-0.4, -0.2) is 41.5 Å². The number of nitrogens with one attached hydrogen (secondary N) is 2. The number of likely N-dealkylation sites (tertiary alicyclic amines) is 1. The molecular formula is C16H21N3O. The lowest BCUT2D eigenvalue weighted by Gasteiger charge is -2.32. The Balaban J connectivity index is 1.73. The quantitative estimate of drug-likeness (QED) is 0.900. The summed E-state index contributed by atoms with van der Waals surface area (Å²) in [4.78, 5) is 18.0. The number of carbonyl (C=O) groups is 1. The molecule has 1 saturated heterocycles. The molecule has 0 spiro atoms. The monoisotopic (exact) mass is 271 g/mol. The molecule has 0 radical (unpaired) electrons. The summed E-state index contributed by atoms with van der Waals surface area (Å²) < 4.78 is 0. The molecule has 2 N–H and O–H groups in total. The van der Waals surface area contributed by atoms with Crippen LogP contribution in [0.2, 0.25) is 0 Å². The van der Waals surface area contributed by atoms with Crippen molar-refractivity contribution in [3.8, 4) is 0 Å². The Hall–Kier alpha value is -1.81. The summed E-state index contributed by atoms with van der Waals surface area (Å²) in [6.07, 6.45) is 4.04. The van der Waals surface area contributed by atoms with E-state index in [1.807, 2.05) is 24.3 Å². The SMILES string of the molecule is CCN1CCCC(NC(=O)c2c[nH]c3ccccc23)C1.